The Kier molecular flexibility index (Phi) is 7.56. The van der Waals surface area contributed by atoms with E-state index < -0.39 is 0 Å². The molecule has 0 heterocycles. The molecule has 1 nitrogen and oxygen atoms in total. The zero-order valence-electron chi connectivity index (χ0n) is 30.5. The lowest BCUT2D eigenvalue weighted by atomic mass is 9.82. The van der Waals surface area contributed by atoms with Gasteiger partial charge in [-0.15, -0.1) is 0 Å². The Labute approximate surface area is 317 Å². The van der Waals surface area contributed by atoms with E-state index >= 15 is 0 Å². The Morgan fingerprint density at radius 2 is 0.852 bits per heavy atom. The average Bonchev–Trinajstić information content (AvgIpc) is 3.46. The molecule has 54 heavy (non-hydrogen) atoms. The van der Waals surface area contributed by atoms with Gasteiger partial charge in [-0.1, -0.05) is 178 Å². The van der Waals surface area contributed by atoms with Gasteiger partial charge in [0.05, 0.1) is 0 Å². The molecule has 1 aliphatic rings. The van der Waals surface area contributed by atoms with Crippen molar-refractivity contribution in [3.8, 4) is 44.5 Å². The van der Waals surface area contributed by atoms with Crippen molar-refractivity contribution >= 4 is 38.6 Å². The molecule has 0 N–H and O–H groups in total. The zero-order chi connectivity index (χ0) is 36.2. The van der Waals surface area contributed by atoms with Crippen LogP contribution < -0.4 is 4.90 Å². The molecule has 1 aliphatic carbocycles. The van der Waals surface area contributed by atoms with Gasteiger partial charge in [0.1, 0.15) is 0 Å². The topological polar surface area (TPSA) is 3.24 Å². The molecule has 0 radical (unpaired) electrons. The van der Waals surface area contributed by atoms with Gasteiger partial charge in [0.15, 0.2) is 0 Å². The number of rotatable bonds is 6. The third-order valence-electron chi connectivity index (χ3n) is 11.5. The van der Waals surface area contributed by atoms with E-state index in [1.165, 1.54) is 77.2 Å². The fourth-order valence-electron chi connectivity index (χ4n) is 8.76. The van der Waals surface area contributed by atoms with Crippen LogP contribution in [0.25, 0.3) is 66.1 Å². The summed E-state index contributed by atoms with van der Waals surface area (Å²) >= 11 is 0. The molecule has 0 atom stereocenters. The molecular formula is C53H39N. The number of nitrogens with zero attached hydrogens (tertiary/aromatic N) is 1. The number of hydrogen-bond acceptors (Lipinski definition) is 1. The molecule has 0 spiro atoms. The third kappa shape index (κ3) is 5.24. The van der Waals surface area contributed by atoms with E-state index in [0.717, 1.165) is 17.1 Å². The molecular weight excluding hydrogens is 651 g/mol. The van der Waals surface area contributed by atoms with Crippen LogP contribution in [-0.4, -0.2) is 0 Å². The first kappa shape index (κ1) is 32.0. The van der Waals surface area contributed by atoms with Crippen LogP contribution in [-0.2, 0) is 5.41 Å². The highest BCUT2D eigenvalue weighted by atomic mass is 15.1. The van der Waals surface area contributed by atoms with Gasteiger partial charge in [-0.05, 0) is 114 Å². The smallest absolute Gasteiger partial charge is 0.0465 e. The second kappa shape index (κ2) is 12.8. The summed E-state index contributed by atoms with van der Waals surface area (Å²) in [4.78, 5) is 2.41. The second-order valence-corrected chi connectivity index (χ2v) is 14.9. The van der Waals surface area contributed by atoms with Crippen LogP contribution >= 0.6 is 0 Å². The normalized spacial score (nSPS) is 12.8. The van der Waals surface area contributed by atoms with Gasteiger partial charge in [0.25, 0.3) is 0 Å². The van der Waals surface area contributed by atoms with Gasteiger partial charge in [-0.3, -0.25) is 0 Å². The van der Waals surface area contributed by atoms with Crippen LogP contribution in [0, 0.1) is 0 Å². The molecule has 0 bridgehead atoms. The summed E-state index contributed by atoms with van der Waals surface area (Å²) in [6.07, 6.45) is 0. The Hall–Kier alpha value is -6.70. The summed E-state index contributed by atoms with van der Waals surface area (Å²) in [5.41, 5.74) is 16.1. The average molecular weight is 690 g/mol. The molecule has 0 fully saturated rings. The van der Waals surface area contributed by atoms with Crippen molar-refractivity contribution in [3.63, 3.8) is 0 Å². The summed E-state index contributed by atoms with van der Waals surface area (Å²) in [5, 5.41) is 5.03. The lowest BCUT2D eigenvalue weighted by Crippen LogP contribution is -2.16. The van der Waals surface area contributed by atoms with Crippen molar-refractivity contribution in [3.05, 3.63) is 211 Å². The van der Waals surface area contributed by atoms with Crippen molar-refractivity contribution in [2.75, 3.05) is 4.90 Å². The molecule has 256 valence electrons. The first-order chi connectivity index (χ1) is 26.5. The monoisotopic (exact) mass is 689 g/mol. The molecule has 0 unspecified atom stereocenters. The second-order valence-electron chi connectivity index (χ2n) is 14.9. The highest BCUT2D eigenvalue weighted by molar-refractivity contribution is 6.04. The predicted molar refractivity (Wildman–Crippen MR) is 230 cm³/mol. The Balaban J connectivity index is 1.10. The van der Waals surface area contributed by atoms with E-state index in [1.54, 1.807) is 0 Å². The number of benzene rings is 9. The molecule has 1 heteroatoms. The molecule has 0 aromatic heterocycles. The van der Waals surface area contributed by atoms with E-state index in [0.29, 0.717) is 0 Å². The number of hydrogen-bond donors (Lipinski definition) is 0. The maximum absolute atomic E-state index is 2.42. The maximum atomic E-state index is 2.42. The predicted octanol–water partition coefficient (Wildman–Crippen LogP) is 14.8. The lowest BCUT2D eigenvalue weighted by molar-refractivity contribution is 0.660. The molecule has 9 aromatic carbocycles. The fourth-order valence-corrected chi connectivity index (χ4v) is 8.76. The molecule has 10 rings (SSSR count). The molecule has 0 saturated heterocycles. The third-order valence-corrected chi connectivity index (χ3v) is 11.5. The van der Waals surface area contributed by atoms with Crippen LogP contribution in [0.1, 0.15) is 25.0 Å². The highest BCUT2D eigenvalue weighted by Crippen LogP contribution is 2.51. The Morgan fingerprint density at radius 1 is 0.333 bits per heavy atom. The molecule has 0 aliphatic heterocycles. The van der Waals surface area contributed by atoms with E-state index in [4.69, 9.17) is 0 Å². The summed E-state index contributed by atoms with van der Waals surface area (Å²) in [7, 11) is 0. The van der Waals surface area contributed by atoms with Crippen LogP contribution in [0.4, 0.5) is 17.1 Å². The quantitative estimate of drug-likeness (QED) is 0.168. The summed E-state index contributed by atoms with van der Waals surface area (Å²) in [6.45, 7) is 4.71. The van der Waals surface area contributed by atoms with E-state index in [2.05, 4.69) is 219 Å². The number of anilines is 3. The largest absolute Gasteiger partial charge is 0.310 e. The Morgan fingerprint density at radius 3 is 1.59 bits per heavy atom. The molecule has 9 aromatic rings. The molecule has 0 amide bonds. The van der Waals surface area contributed by atoms with Crippen molar-refractivity contribution in [1.82, 2.24) is 0 Å². The van der Waals surface area contributed by atoms with E-state index in [1.807, 2.05) is 0 Å². The van der Waals surface area contributed by atoms with Gasteiger partial charge < -0.3 is 4.90 Å². The zero-order valence-corrected chi connectivity index (χ0v) is 30.5. The van der Waals surface area contributed by atoms with Gasteiger partial charge >= 0.3 is 0 Å². The van der Waals surface area contributed by atoms with Crippen LogP contribution in [0.3, 0.4) is 0 Å². The minimum Gasteiger partial charge on any atom is -0.310 e. The standard InChI is InChI=1S/C53H39N/c1-53(2)50-22-11-10-20-48(50)49-34-32-43(35-51(49)53)54(41-28-23-38(24-29-41)45-21-12-17-36-13-6-8-18-44(36)45)42-30-25-39(26-31-42)47-33-27-37-14-7-9-19-46(37)52(47)40-15-4-3-5-16-40/h3-35H,1-2H3. The summed E-state index contributed by atoms with van der Waals surface area (Å²) in [5.74, 6) is 0. The van der Waals surface area contributed by atoms with Gasteiger partial charge in [0, 0.05) is 22.5 Å². The van der Waals surface area contributed by atoms with Crippen LogP contribution in [0.5, 0.6) is 0 Å². The van der Waals surface area contributed by atoms with Crippen LogP contribution in [0.15, 0.2) is 200 Å². The SMILES string of the molecule is CC1(C)c2ccccc2-c2ccc(N(c3ccc(-c4ccc5ccccc5c4-c4ccccc4)cc3)c3ccc(-c4cccc5ccccc45)cc3)cc21. The Bertz CT molecular complexity index is 2820. The van der Waals surface area contributed by atoms with Crippen molar-refractivity contribution in [2.45, 2.75) is 19.3 Å². The minimum atomic E-state index is -0.0976. The van der Waals surface area contributed by atoms with Gasteiger partial charge in [-0.25, -0.2) is 0 Å². The van der Waals surface area contributed by atoms with E-state index in [-0.39, 0.29) is 5.41 Å². The minimum absolute atomic E-state index is 0.0976. The summed E-state index contributed by atoms with van der Waals surface area (Å²) < 4.78 is 0. The maximum Gasteiger partial charge on any atom is 0.0465 e. The highest BCUT2D eigenvalue weighted by Gasteiger charge is 2.35. The lowest BCUT2D eigenvalue weighted by Gasteiger charge is -2.28. The van der Waals surface area contributed by atoms with Gasteiger partial charge in [0.2, 0.25) is 0 Å². The first-order valence-corrected chi connectivity index (χ1v) is 18.8. The first-order valence-electron chi connectivity index (χ1n) is 18.8. The van der Waals surface area contributed by atoms with Gasteiger partial charge in [-0.2, -0.15) is 0 Å². The van der Waals surface area contributed by atoms with Crippen molar-refractivity contribution in [1.29, 1.82) is 0 Å². The van der Waals surface area contributed by atoms with E-state index in [9.17, 15) is 0 Å². The fraction of sp³-hybridized carbons (Fsp3) is 0.0566. The number of fused-ring (bicyclic) bond motifs is 5. The van der Waals surface area contributed by atoms with Crippen molar-refractivity contribution < 1.29 is 0 Å². The summed E-state index contributed by atoms with van der Waals surface area (Å²) in [6, 6.07) is 73.4. The van der Waals surface area contributed by atoms with Crippen LogP contribution in [0.2, 0.25) is 0 Å². The van der Waals surface area contributed by atoms with Crippen molar-refractivity contribution in [2.24, 2.45) is 0 Å². The molecule has 0 saturated carbocycles.